The van der Waals surface area contributed by atoms with Gasteiger partial charge in [0.05, 0.1) is 5.92 Å². The first-order chi connectivity index (χ1) is 8.74. The molecule has 3 rings (SSSR count). The Labute approximate surface area is 108 Å². The number of nitrogens with two attached hydrogens (primary N) is 1. The number of rotatable bonds is 2. The van der Waals surface area contributed by atoms with Crippen LogP contribution in [0, 0.1) is 6.92 Å². The quantitative estimate of drug-likeness (QED) is 0.864. The lowest BCUT2D eigenvalue weighted by molar-refractivity contribution is 0.352. The van der Waals surface area contributed by atoms with Gasteiger partial charge >= 0.3 is 0 Å². The third kappa shape index (κ3) is 2.11. The molecule has 2 N–H and O–H groups in total. The van der Waals surface area contributed by atoms with Crippen molar-refractivity contribution in [2.24, 2.45) is 5.73 Å². The van der Waals surface area contributed by atoms with E-state index in [9.17, 15) is 0 Å². The van der Waals surface area contributed by atoms with Crippen LogP contribution >= 0.6 is 11.8 Å². The van der Waals surface area contributed by atoms with Crippen molar-refractivity contribution in [3.8, 4) is 11.6 Å². The molecule has 0 saturated carbocycles. The summed E-state index contributed by atoms with van der Waals surface area (Å²) in [5.74, 6) is 3.50. The molecule has 2 aromatic heterocycles. The van der Waals surface area contributed by atoms with Crippen LogP contribution in [0.5, 0.6) is 0 Å². The molecule has 1 aliphatic heterocycles. The zero-order valence-corrected chi connectivity index (χ0v) is 10.7. The molecule has 0 bridgehead atoms. The van der Waals surface area contributed by atoms with Crippen molar-refractivity contribution in [3.63, 3.8) is 0 Å². The third-order valence-electron chi connectivity index (χ3n) is 2.86. The molecular weight excluding hydrogens is 250 g/mol. The summed E-state index contributed by atoms with van der Waals surface area (Å²) in [4.78, 5) is 12.7. The Balaban J connectivity index is 1.87. The van der Waals surface area contributed by atoms with Gasteiger partial charge in [-0.25, -0.2) is 9.97 Å². The zero-order chi connectivity index (χ0) is 12.5. The molecule has 2 aromatic rings. The molecule has 0 spiro atoms. The Kier molecular flexibility index (Phi) is 3.00. The lowest BCUT2D eigenvalue weighted by Crippen LogP contribution is -2.26. The standard InChI is InChI=1S/C11H13N5OS/c1-6-2-13-9(14-3-6)10-15-11(17-16-10)7-4-18-5-8(7)12/h2-3,7-8H,4-5,12H2,1H3. The van der Waals surface area contributed by atoms with Gasteiger partial charge in [0, 0.05) is 29.9 Å². The lowest BCUT2D eigenvalue weighted by Gasteiger charge is -2.07. The Morgan fingerprint density at radius 2 is 2.06 bits per heavy atom. The van der Waals surface area contributed by atoms with Crippen LogP contribution in [0.4, 0.5) is 0 Å². The van der Waals surface area contributed by atoms with Crippen molar-refractivity contribution in [1.82, 2.24) is 20.1 Å². The highest BCUT2D eigenvalue weighted by atomic mass is 32.2. The number of hydrogen-bond acceptors (Lipinski definition) is 7. The van der Waals surface area contributed by atoms with E-state index < -0.39 is 0 Å². The molecule has 2 atom stereocenters. The zero-order valence-electron chi connectivity index (χ0n) is 9.91. The number of nitrogens with zero attached hydrogens (tertiary/aromatic N) is 4. The average molecular weight is 263 g/mol. The van der Waals surface area contributed by atoms with Gasteiger partial charge < -0.3 is 10.3 Å². The molecular formula is C11H13N5OS. The highest BCUT2D eigenvalue weighted by Crippen LogP contribution is 2.31. The third-order valence-corrected chi connectivity index (χ3v) is 4.08. The molecule has 1 aliphatic rings. The van der Waals surface area contributed by atoms with Crippen molar-refractivity contribution in [3.05, 3.63) is 23.8 Å². The lowest BCUT2D eigenvalue weighted by atomic mass is 10.1. The minimum atomic E-state index is 0.0854. The van der Waals surface area contributed by atoms with Crippen LogP contribution in [0.3, 0.4) is 0 Å². The molecule has 1 saturated heterocycles. The summed E-state index contributed by atoms with van der Waals surface area (Å²) in [6.07, 6.45) is 3.46. The maximum absolute atomic E-state index is 6.00. The normalized spacial score (nSPS) is 23.4. The number of aryl methyl sites for hydroxylation is 1. The van der Waals surface area contributed by atoms with E-state index in [4.69, 9.17) is 10.3 Å². The second-order valence-electron chi connectivity index (χ2n) is 4.35. The van der Waals surface area contributed by atoms with Crippen molar-refractivity contribution in [1.29, 1.82) is 0 Å². The second-order valence-corrected chi connectivity index (χ2v) is 5.42. The van der Waals surface area contributed by atoms with Crippen LogP contribution in [-0.4, -0.2) is 37.7 Å². The van der Waals surface area contributed by atoms with E-state index >= 15 is 0 Å². The molecule has 6 nitrogen and oxygen atoms in total. The topological polar surface area (TPSA) is 90.7 Å². The van der Waals surface area contributed by atoms with Crippen molar-refractivity contribution < 1.29 is 4.52 Å². The maximum atomic E-state index is 6.00. The summed E-state index contributed by atoms with van der Waals surface area (Å²) >= 11 is 1.81. The van der Waals surface area contributed by atoms with Gasteiger partial charge in [0.2, 0.25) is 17.5 Å². The molecule has 1 fully saturated rings. The van der Waals surface area contributed by atoms with Crippen LogP contribution in [0.25, 0.3) is 11.6 Å². The van der Waals surface area contributed by atoms with Crippen LogP contribution in [0.15, 0.2) is 16.9 Å². The van der Waals surface area contributed by atoms with Crippen LogP contribution < -0.4 is 5.73 Å². The highest BCUT2D eigenvalue weighted by Gasteiger charge is 2.31. The van der Waals surface area contributed by atoms with Crippen molar-refractivity contribution in [2.75, 3.05) is 11.5 Å². The molecule has 7 heteroatoms. The van der Waals surface area contributed by atoms with Gasteiger partial charge in [0.25, 0.3) is 0 Å². The fourth-order valence-electron chi connectivity index (χ4n) is 1.81. The first-order valence-corrected chi connectivity index (χ1v) is 6.85. The Hall–Kier alpha value is -1.47. The maximum Gasteiger partial charge on any atom is 0.240 e. The van der Waals surface area contributed by atoms with E-state index in [1.54, 1.807) is 12.4 Å². The first-order valence-electron chi connectivity index (χ1n) is 5.70. The predicted molar refractivity (Wildman–Crippen MR) is 68.1 cm³/mol. The van der Waals surface area contributed by atoms with E-state index in [-0.39, 0.29) is 12.0 Å². The summed E-state index contributed by atoms with van der Waals surface area (Å²) in [6, 6.07) is 0.0854. The molecule has 0 amide bonds. The van der Waals surface area contributed by atoms with E-state index in [2.05, 4.69) is 20.1 Å². The van der Waals surface area contributed by atoms with Crippen molar-refractivity contribution in [2.45, 2.75) is 18.9 Å². The van der Waals surface area contributed by atoms with Gasteiger partial charge in [-0.2, -0.15) is 16.7 Å². The van der Waals surface area contributed by atoms with Gasteiger partial charge in [-0.05, 0) is 12.5 Å². The second kappa shape index (κ2) is 4.66. The van der Waals surface area contributed by atoms with E-state index in [1.807, 2.05) is 18.7 Å². The molecule has 94 valence electrons. The molecule has 2 unspecified atom stereocenters. The van der Waals surface area contributed by atoms with Gasteiger partial charge in [-0.15, -0.1) is 0 Å². The Morgan fingerprint density at radius 1 is 1.28 bits per heavy atom. The number of thioether (sulfide) groups is 1. The summed E-state index contributed by atoms with van der Waals surface area (Å²) in [5.41, 5.74) is 7.00. The summed E-state index contributed by atoms with van der Waals surface area (Å²) < 4.78 is 5.27. The number of aromatic nitrogens is 4. The fraction of sp³-hybridized carbons (Fsp3) is 0.455. The van der Waals surface area contributed by atoms with Gasteiger partial charge in [0.1, 0.15) is 0 Å². The Morgan fingerprint density at radius 3 is 2.72 bits per heavy atom. The average Bonchev–Trinajstić information content (AvgIpc) is 2.98. The highest BCUT2D eigenvalue weighted by molar-refractivity contribution is 7.99. The SMILES string of the molecule is Cc1cnc(-c2noc(C3CSCC3N)n2)nc1. The summed E-state index contributed by atoms with van der Waals surface area (Å²) in [5, 5.41) is 3.92. The first kappa shape index (κ1) is 11.6. The van der Waals surface area contributed by atoms with Crippen LogP contribution in [0.2, 0.25) is 0 Å². The smallest absolute Gasteiger partial charge is 0.240 e. The van der Waals surface area contributed by atoms with Gasteiger partial charge in [0.15, 0.2) is 0 Å². The predicted octanol–water partition coefficient (Wildman–Crippen LogP) is 0.993. The summed E-state index contributed by atoms with van der Waals surface area (Å²) in [7, 11) is 0. The molecule has 0 aromatic carbocycles. The fourth-order valence-corrected chi connectivity index (χ4v) is 3.09. The Bertz CT molecular complexity index is 541. The molecule has 0 radical (unpaired) electrons. The van der Waals surface area contributed by atoms with E-state index in [1.165, 1.54) is 0 Å². The number of hydrogen-bond donors (Lipinski definition) is 1. The molecule has 3 heterocycles. The summed E-state index contributed by atoms with van der Waals surface area (Å²) in [6.45, 7) is 1.93. The van der Waals surface area contributed by atoms with Gasteiger partial charge in [-0.1, -0.05) is 5.16 Å². The van der Waals surface area contributed by atoms with E-state index in [0.29, 0.717) is 17.5 Å². The van der Waals surface area contributed by atoms with Crippen LogP contribution in [0.1, 0.15) is 17.4 Å². The van der Waals surface area contributed by atoms with Crippen LogP contribution in [-0.2, 0) is 0 Å². The van der Waals surface area contributed by atoms with E-state index in [0.717, 1.165) is 17.1 Å². The molecule has 18 heavy (non-hydrogen) atoms. The molecule has 0 aliphatic carbocycles. The minimum Gasteiger partial charge on any atom is -0.338 e. The monoisotopic (exact) mass is 263 g/mol. The largest absolute Gasteiger partial charge is 0.338 e. The minimum absolute atomic E-state index is 0.0854. The van der Waals surface area contributed by atoms with Gasteiger partial charge in [-0.3, -0.25) is 0 Å². The van der Waals surface area contributed by atoms with Crippen molar-refractivity contribution >= 4 is 11.8 Å².